The number of rotatable bonds is 1. The zero-order chi connectivity index (χ0) is 12.5. The van der Waals surface area contributed by atoms with Gasteiger partial charge in [-0.2, -0.15) is 0 Å². The Kier molecular flexibility index (Phi) is 2.68. The topological polar surface area (TPSA) is 38.7 Å². The summed E-state index contributed by atoms with van der Waals surface area (Å²) in [5, 5.41) is 2.59. The molecule has 4 heteroatoms. The number of aromatic nitrogens is 3. The lowest BCUT2D eigenvalue weighted by Gasteiger charge is -2.05. The van der Waals surface area contributed by atoms with Gasteiger partial charge in [-0.05, 0) is 18.4 Å². The van der Waals surface area contributed by atoms with Crippen LogP contribution in [0.25, 0.3) is 22.2 Å². The van der Waals surface area contributed by atoms with Crippen molar-refractivity contribution in [2.75, 3.05) is 0 Å². The predicted octanol–water partition coefficient (Wildman–Crippen LogP) is 3.65. The van der Waals surface area contributed by atoms with Gasteiger partial charge < -0.3 is 0 Å². The quantitative estimate of drug-likeness (QED) is 0.623. The standard InChI is InChI=1S/C14H10ClN3/c1-9-6-13(15)18-14(17-9)12-8-16-7-10-4-2-3-5-11(10)12/h2-8H,1H3. The van der Waals surface area contributed by atoms with Crippen molar-refractivity contribution in [2.45, 2.75) is 6.92 Å². The van der Waals surface area contributed by atoms with Crippen LogP contribution in [0.15, 0.2) is 42.7 Å². The van der Waals surface area contributed by atoms with Crippen LogP contribution in [-0.4, -0.2) is 15.0 Å². The van der Waals surface area contributed by atoms with Crippen LogP contribution in [0.3, 0.4) is 0 Å². The van der Waals surface area contributed by atoms with Gasteiger partial charge in [0.05, 0.1) is 0 Å². The highest BCUT2D eigenvalue weighted by molar-refractivity contribution is 6.29. The average molecular weight is 256 g/mol. The molecule has 0 amide bonds. The molecule has 2 heterocycles. The van der Waals surface area contributed by atoms with E-state index in [9.17, 15) is 0 Å². The SMILES string of the molecule is Cc1cc(Cl)nc(-c2cncc3ccccc23)n1. The zero-order valence-corrected chi connectivity index (χ0v) is 10.5. The Morgan fingerprint density at radius 1 is 1.06 bits per heavy atom. The van der Waals surface area contributed by atoms with Crippen LogP contribution >= 0.6 is 11.6 Å². The molecule has 0 unspecified atom stereocenters. The number of hydrogen-bond acceptors (Lipinski definition) is 3. The Labute approximate surface area is 109 Å². The van der Waals surface area contributed by atoms with Crippen molar-refractivity contribution in [1.82, 2.24) is 15.0 Å². The maximum absolute atomic E-state index is 5.98. The van der Waals surface area contributed by atoms with E-state index in [1.165, 1.54) is 0 Å². The van der Waals surface area contributed by atoms with Crippen molar-refractivity contribution < 1.29 is 0 Å². The lowest BCUT2D eigenvalue weighted by Crippen LogP contribution is -1.93. The van der Waals surface area contributed by atoms with Crippen LogP contribution in [0.5, 0.6) is 0 Å². The summed E-state index contributed by atoms with van der Waals surface area (Å²) in [6.45, 7) is 1.90. The van der Waals surface area contributed by atoms with Crippen molar-refractivity contribution in [3.63, 3.8) is 0 Å². The maximum Gasteiger partial charge on any atom is 0.163 e. The molecule has 0 spiro atoms. The first-order valence-electron chi connectivity index (χ1n) is 5.58. The molecule has 18 heavy (non-hydrogen) atoms. The first kappa shape index (κ1) is 11.1. The number of benzene rings is 1. The molecule has 0 radical (unpaired) electrons. The van der Waals surface area contributed by atoms with E-state index in [0.717, 1.165) is 22.0 Å². The van der Waals surface area contributed by atoms with Gasteiger partial charge in [0.2, 0.25) is 0 Å². The number of halogens is 1. The van der Waals surface area contributed by atoms with Crippen molar-refractivity contribution in [2.24, 2.45) is 0 Å². The van der Waals surface area contributed by atoms with Gasteiger partial charge in [-0.15, -0.1) is 0 Å². The molecule has 0 fully saturated rings. The molecular formula is C14H10ClN3. The second kappa shape index (κ2) is 4.35. The Morgan fingerprint density at radius 2 is 1.89 bits per heavy atom. The molecular weight excluding hydrogens is 246 g/mol. The number of nitrogens with zero attached hydrogens (tertiary/aromatic N) is 3. The minimum absolute atomic E-state index is 0.449. The molecule has 0 aliphatic rings. The summed E-state index contributed by atoms with van der Waals surface area (Å²) in [4.78, 5) is 12.9. The third-order valence-corrected chi connectivity index (χ3v) is 2.93. The van der Waals surface area contributed by atoms with Crippen LogP contribution in [0.2, 0.25) is 5.15 Å². The highest BCUT2D eigenvalue weighted by atomic mass is 35.5. The van der Waals surface area contributed by atoms with Crippen LogP contribution in [-0.2, 0) is 0 Å². The van der Waals surface area contributed by atoms with Gasteiger partial charge in [-0.3, -0.25) is 4.98 Å². The molecule has 88 valence electrons. The van der Waals surface area contributed by atoms with Crippen LogP contribution < -0.4 is 0 Å². The fourth-order valence-electron chi connectivity index (χ4n) is 1.95. The fraction of sp³-hybridized carbons (Fsp3) is 0.0714. The van der Waals surface area contributed by atoms with E-state index in [4.69, 9.17) is 11.6 Å². The number of fused-ring (bicyclic) bond motifs is 1. The first-order chi connectivity index (χ1) is 8.74. The van der Waals surface area contributed by atoms with Crippen molar-refractivity contribution >= 4 is 22.4 Å². The Hall–Kier alpha value is -2.00. The summed E-state index contributed by atoms with van der Waals surface area (Å²) in [6.07, 6.45) is 3.60. The second-order valence-corrected chi connectivity index (χ2v) is 4.45. The van der Waals surface area contributed by atoms with Crippen molar-refractivity contribution in [3.05, 3.63) is 53.6 Å². The average Bonchev–Trinajstić information content (AvgIpc) is 2.37. The summed E-state index contributed by atoms with van der Waals surface area (Å²) in [7, 11) is 0. The summed E-state index contributed by atoms with van der Waals surface area (Å²) in [5.74, 6) is 0.615. The third kappa shape index (κ3) is 1.93. The van der Waals surface area contributed by atoms with Gasteiger partial charge in [0.15, 0.2) is 5.82 Å². The largest absolute Gasteiger partial charge is 0.263 e. The van der Waals surface area contributed by atoms with Gasteiger partial charge in [0, 0.05) is 29.0 Å². The Bertz CT molecular complexity index is 700. The highest BCUT2D eigenvalue weighted by Crippen LogP contribution is 2.25. The van der Waals surface area contributed by atoms with E-state index in [1.54, 1.807) is 12.3 Å². The Morgan fingerprint density at radius 3 is 2.72 bits per heavy atom. The van der Waals surface area contributed by atoms with Gasteiger partial charge in [-0.25, -0.2) is 9.97 Å². The maximum atomic E-state index is 5.98. The molecule has 3 aromatic rings. The number of pyridine rings is 1. The monoisotopic (exact) mass is 255 g/mol. The van der Waals surface area contributed by atoms with Gasteiger partial charge >= 0.3 is 0 Å². The van der Waals surface area contributed by atoms with E-state index < -0.39 is 0 Å². The molecule has 0 saturated carbocycles. The lowest BCUT2D eigenvalue weighted by atomic mass is 10.1. The molecule has 0 saturated heterocycles. The normalized spacial score (nSPS) is 10.8. The summed E-state index contributed by atoms with van der Waals surface area (Å²) in [6, 6.07) is 9.76. The molecule has 3 rings (SSSR count). The van der Waals surface area contributed by atoms with E-state index in [1.807, 2.05) is 37.4 Å². The van der Waals surface area contributed by atoms with Gasteiger partial charge in [0.1, 0.15) is 5.15 Å². The van der Waals surface area contributed by atoms with Gasteiger partial charge in [0.25, 0.3) is 0 Å². The van der Waals surface area contributed by atoms with Crippen LogP contribution in [0, 0.1) is 6.92 Å². The molecule has 2 aromatic heterocycles. The highest BCUT2D eigenvalue weighted by Gasteiger charge is 2.08. The van der Waals surface area contributed by atoms with E-state index in [2.05, 4.69) is 15.0 Å². The minimum atomic E-state index is 0.449. The number of aryl methyl sites for hydroxylation is 1. The summed E-state index contributed by atoms with van der Waals surface area (Å²) >= 11 is 5.98. The van der Waals surface area contributed by atoms with Crippen LogP contribution in [0.1, 0.15) is 5.69 Å². The zero-order valence-electron chi connectivity index (χ0n) is 9.76. The van der Waals surface area contributed by atoms with E-state index in [-0.39, 0.29) is 0 Å². The summed E-state index contributed by atoms with van der Waals surface area (Å²) < 4.78 is 0. The lowest BCUT2D eigenvalue weighted by molar-refractivity contribution is 1.11. The second-order valence-electron chi connectivity index (χ2n) is 4.06. The molecule has 0 aliphatic heterocycles. The molecule has 0 aliphatic carbocycles. The molecule has 0 N–H and O–H groups in total. The van der Waals surface area contributed by atoms with Crippen LogP contribution in [0.4, 0.5) is 0 Å². The molecule has 0 bridgehead atoms. The summed E-state index contributed by atoms with van der Waals surface area (Å²) in [5.41, 5.74) is 1.75. The fourth-order valence-corrected chi connectivity index (χ4v) is 2.18. The minimum Gasteiger partial charge on any atom is -0.263 e. The molecule has 1 aromatic carbocycles. The van der Waals surface area contributed by atoms with Crippen molar-refractivity contribution in [3.8, 4) is 11.4 Å². The molecule has 0 atom stereocenters. The van der Waals surface area contributed by atoms with Gasteiger partial charge in [-0.1, -0.05) is 35.9 Å². The predicted molar refractivity (Wildman–Crippen MR) is 72.5 cm³/mol. The third-order valence-electron chi connectivity index (χ3n) is 2.73. The smallest absolute Gasteiger partial charge is 0.163 e. The van der Waals surface area contributed by atoms with E-state index >= 15 is 0 Å². The first-order valence-corrected chi connectivity index (χ1v) is 5.96. The Balaban J connectivity index is 2.31. The molecule has 3 nitrogen and oxygen atoms in total. The van der Waals surface area contributed by atoms with E-state index in [0.29, 0.717) is 11.0 Å². The number of hydrogen-bond donors (Lipinski definition) is 0. The van der Waals surface area contributed by atoms with Crippen molar-refractivity contribution in [1.29, 1.82) is 0 Å².